The maximum Gasteiger partial charge on any atom is 0.224 e. The van der Waals surface area contributed by atoms with Crippen molar-refractivity contribution in [3.05, 3.63) is 29.8 Å². The quantitative estimate of drug-likeness (QED) is 0.800. The van der Waals surface area contributed by atoms with Gasteiger partial charge < -0.3 is 15.0 Å². The minimum Gasteiger partial charge on any atom is -0.497 e. The molecule has 1 atom stereocenters. The van der Waals surface area contributed by atoms with Crippen LogP contribution < -0.4 is 10.1 Å². The summed E-state index contributed by atoms with van der Waals surface area (Å²) < 4.78 is 5.17. The van der Waals surface area contributed by atoms with Crippen molar-refractivity contribution in [3.63, 3.8) is 0 Å². The summed E-state index contributed by atoms with van der Waals surface area (Å²) in [6.45, 7) is 5.74. The third kappa shape index (κ3) is 4.74. The average molecular weight is 290 g/mol. The average Bonchev–Trinajstić information content (AvgIpc) is 3.30. The molecule has 1 fully saturated rings. The Kier molecular flexibility index (Phi) is 5.62. The summed E-state index contributed by atoms with van der Waals surface area (Å²) >= 11 is 0. The largest absolute Gasteiger partial charge is 0.497 e. The standard InChI is InChI=1S/C17H26N2O2/c1-4-18-13(2)11-17(20)19(15-7-8-15)12-14-5-9-16(21-3)10-6-14/h5-6,9-10,13,15,18H,4,7-8,11-12H2,1-3H3. The van der Waals surface area contributed by atoms with Gasteiger partial charge in [-0.25, -0.2) is 0 Å². The Balaban J connectivity index is 1.96. The lowest BCUT2D eigenvalue weighted by Gasteiger charge is -2.24. The van der Waals surface area contributed by atoms with Crippen molar-refractivity contribution in [2.24, 2.45) is 0 Å². The molecule has 0 radical (unpaired) electrons. The molecule has 1 aliphatic rings. The number of nitrogens with one attached hydrogen (secondary N) is 1. The number of carbonyl (C=O) groups excluding carboxylic acids is 1. The molecule has 2 rings (SSSR count). The molecule has 4 nitrogen and oxygen atoms in total. The van der Waals surface area contributed by atoms with Crippen LogP contribution in [0.25, 0.3) is 0 Å². The lowest BCUT2D eigenvalue weighted by atomic mass is 10.1. The molecular weight excluding hydrogens is 264 g/mol. The minimum absolute atomic E-state index is 0.236. The van der Waals surface area contributed by atoms with E-state index in [2.05, 4.69) is 19.2 Å². The molecule has 0 heterocycles. The molecule has 1 N–H and O–H groups in total. The molecule has 1 unspecified atom stereocenters. The Morgan fingerprint density at radius 1 is 1.38 bits per heavy atom. The second-order valence-corrected chi connectivity index (χ2v) is 5.76. The predicted molar refractivity (Wildman–Crippen MR) is 84.3 cm³/mol. The first-order valence-electron chi connectivity index (χ1n) is 7.79. The van der Waals surface area contributed by atoms with Crippen molar-refractivity contribution in [2.45, 2.75) is 51.7 Å². The molecule has 1 aromatic carbocycles. The molecule has 0 bridgehead atoms. The van der Waals surface area contributed by atoms with E-state index in [1.165, 1.54) is 0 Å². The molecule has 21 heavy (non-hydrogen) atoms. The molecule has 0 aliphatic heterocycles. The maximum atomic E-state index is 12.5. The van der Waals surface area contributed by atoms with Crippen LogP contribution in [0, 0.1) is 0 Å². The normalized spacial score (nSPS) is 15.6. The fraction of sp³-hybridized carbons (Fsp3) is 0.588. The molecule has 1 amide bonds. The van der Waals surface area contributed by atoms with E-state index in [0.717, 1.165) is 30.7 Å². The Morgan fingerprint density at radius 3 is 2.57 bits per heavy atom. The smallest absolute Gasteiger partial charge is 0.224 e. The van der Waals surface area contributed by atoms with Gasteiger partial charge >= 0.3 is 0 Å². The van der Waals surface area contributed by atoms with Crippen LogP contribution in [-0.2, 0) is 11.3 Å². The van der Waals surface area contributed by atoms with Crippen LogP contribution >= 0.6 is 0 Å². The highest BCUT2D eigenvalue weighted by Crippen LogP contribution is 2.29. The SMILES string of the molecule is CCNC(C)CC(=O)N(Cc1ccc(OC)cc1)C1CC1. The first kappa shape index (κ1) is 15.8. The van der Waals surface area contributed by atoms with Crippen molar-refractivity contribution >= 4 is 5.91 Å². The zero-order valence-corrected chi connectivity index (χ0v) is 13.3. The van der Waals surface area contributed by atoms with Crippen molar-refractivity contribution < 1.29 is 9.53 Å². The molecule has 1 saturated carbocycles. The van der Waals surface area contributed by atoms with Gasteiger partial charge in [0.1, 0.15) is 5.75 Å². The van der Waals surface area contributed by atoms with Gasteiger partial charge in [0.05, 0.1) is 7.11 Å². The lowest BCUT2D eigenvalue weighted by molar-refractivity contribution is -0.132. The summed E-state index contributed by atoms with van der Waals surface area (Å²) in [5.74, 6) is 1.10. The van der Waals surface area contributed by atoms with Gasteiger partial charge in [-0.3, -0.25) is 4.79 Å². The van der Waals surface area contributed by atoms with E-state index in [1.807, 2.05) is 29.2 Å². The summed E-state index contributed by atoms with van der Waals surface area (Å²) in [5, 5.41) is 3.31. The Bertz CT molecular complexity index is 454. The number of hydrogen-bond acceptors (Lipinski definition) is 3. The van der Waals surface area contributed by atoms with Crippen molar-refractivity contribution in [2.75, 3.05) is 13.7 Å². The highest BCUT2D eigenvalue weighted by Gasteiger charge is 2.32. The van der Waals surface area contributed by atoms with Gasteiger partial charge in [-0.15, -0.1) is 0 Å². The third-order valence-corrected chi connectivity index (χ3v) is 3.85. The van der Waals surface area contributed by atoms with Crippen LogP contribution in [0.4, 0.5) is 0 Å². The van der Waals surface area contributed by atoms with Gasteiger partial charge in [0.25, 0.3) is 0 Å². The molecule has 1 aliphatic carbocycles. The Morgan fingerprint density at radius 2 is 2.05 bits per heavy atom. The lowest BCUT2D eigenvalue weighted by Crippen LogP contribution is -2.37. The predicted octanol–water partition coefficient (Wildman–Crippen LogP) is 2.57. The minimum atomic E-state index is 0.236. The van der Waals surface area contributed by atoms with Crippen LogP contribution in [-0.4, -0.2) is 36.5 Å². The van der Waals surface area contributed by atoms with Crippen molar-refractivity contribution in [1.29, 1.82) is 0 Å². The zero-order valence-electron chi connectivity index (χ0n) is 13.3. The fourth-order valence-corrected chi connectivity index (χ4v) is 2.53. The molecule has 4 heteroatoms. The zero-order chi connectivity index (χ0) is 15.2. The second kappa shape index (κ2) is 7.46. The molecular formula is C17H26N2O2. The van der Waals surface area contributed by atoms with E-state index < -0.39 is 0 Å². The number of benzene rings is 1. The number of rotatable bonds is 8. The number of amides is 1. The number of ether oxygens (including phenoxy) is 1. The molecule has 1 aromatic rings. The van der Waals surface area contributed by atoms with Gasteiger partial charge in [0.2, 0.25) is 5.91 Å². The third-order valence-electron chi connectivity index (χ3n) is 3.85. The van der Waals surface area contributed by atoms with Gasteiger partial charge in [0.15, 0.2) is 0 Å². The number of methoxy groups -OCH3 is 1. The van der Waals surface area contributed by atoms with Crippen molar-refractivity contribution in [1.82, 2.24) is 10.2 Å². The highest BCUT2D eigenvalue weighted by molar-refractivity contribution is 5.77. The number of hydrogen-bond donors (Lipinski definition) is 1. The summed E-state index contributed by atoms with van der Waals surface area (Å²) in [6.07, 6.45) is 2.84. The van der Waals surface area contributed by atoms with E-state index in [-0.39, 0.29) is 11.9 Å². The molecule has 0 spiro atoms. The van der Waals surface area contributed by atoms with Crippen molar-refractivity contribution in [3.8, 4) is 5.75 Å². The maximum absolute atomic E-state index is 12.5. The van der Waals surface area contributed by atoms with Crippen LogP contribution in [0.5, 0.6) is 5.75 Å². The summed E-state index contributed by atoms with van der Waals surface area (Å²) in [4.78, 5) is 14.5. The summed E-state index contributed by atoms with van der Waals surface area (Å²) in [5.41, 5.74) is 1.16. The topological polar surface area (TPSA) is 41.6 Å². The fourth-order valence-electron chi connectivity index (χ4n) is 2.53. The highest BCUT2D eigenvalue weighted by atomic mass is 16.5. The van der Waals surface area contributed by atoms with E-state index in [0.29, 0.717) is 19.0 Å². The molecule has 0 aromatic heterocycles. The molecule has 0 saturated heterocycles. The van der Waals surface area contributed by atoms with Gasteiger partial charge in [0, 0.05) is 25.0 Å². The monoisotopic (exact) mass is 290 g/mol. The number of carbonyl (C=O) groups is 1. The van der Waals surface area contributed by atoms with Crippen LogP contribution in [0.1, 0.15) is 38.7 Å². The van der Waals surface area contributed by atoms with Crippen LogP contribution in [0.3, 0.4) is 0 Å². The summed E-state index contributed by atoms with van der Waals surface area (Å²) in [6, 6.07) is 8.65. The van der Waals surface area contributed by atoms with E-state index in [9.17, 15) is 4.79 Å². The first-order chi connectivity index (χ1) is 10.1. The van der Waals surface area contributed by atoms with Crippen LogP contribution in [0.2, 0.25) is 0 Å². The van der Waals surface area contributed by atoms with Gasteiger partial charge in [-0.1, -0.05) is 19.1 Å². The van der Waals surface area contributed by atoms with Crippen LogP contribution in [0.15, 0.2) is 24.3 Å². The van der Waals surface area contributed by atoms with Gasteiger partial charge in [-0.05, 0) is 44.0 Å². The second-order valence-electron chi connectivity index (χ2n) is 5.76. The number of nitrogens with zero attached hydrogens (tertiary/aromatic N) is 1. The first-order valence-corrected chi connectivity index (χ1v) is 7.79. The Labute approximate surface area is 127 Å². The van der Waals surface area contributed by atoms with E-state index in [4.69, 9.17) is 4.74 Å². The van der Waals surface area contributed by atoms with E-state index >= 15 is 0 Å². The van der Waals surface area contributed by atoms with E-state index in [1.54, 1.807) is 7.11 Å². The Hall–Kier alpha value is -1.55. The summed E-state index contributed by atoms with van der Waals surface area (Å²) in [7, 11) is 1.66. The van der Waals surface area contributed by atoms with Gasteiger partial charge in [-0.2, -0.15) is 0 Å². The molecule has 116 valence electrons.